The Kier molecular flexibility index (Phi) is 8.33. The minimum absolute atomic E-state index is 0.0427. The summed E-state index contributed by atoms with van der Waals surface area (Å²) < 4.78 is 0.981. The monoisotopic (exact) mass is 336 g/mol. The van der Waals surface area contributed by atoms with Crippen LogP contribution in [0.3, 0.4) is 0 Å². The summed E-state index contributed by atoms with van der Waals surface area (Å²) in [6, 6.07) is 0.0427. The molecule has 16 heavy (non-hydrogen) atoms. The van der Waals surface area contributed by atoms with Crippen molar-refractivity contribution in [3.05, 3.63) is 22.4 Å². The molecule has 0 bridgehead atoms. The zero-order valence-electron chi connectivity index (χ0n) is 10.4. The Balaban J connectivity index is 4.33. The van der Waals surface area contributed by atoms with Crippen LogP contribution in [0.4, 0.5) is 4.79 Å². The molecule has 92 valence electrons. The lowest BCUT2D eigenvalue weighted by atomic mass is 10.2. The Bertz CT molecular complexity index is 262. The van der Waals surface area contributed by atoms with Crippen LogP contribution in [0, 0.1) is 0 Å². The van der Waals surface area contributed by atoms with Gasteiger partial charge in [-0.1, -0.05) is 12.2 Å². The van der Waals surface area contributed by atoms with E-state index < -0.39 is 0 Å². The summed E-state index contributed by atoms with van der Waals surface area (Å²) in [5, 5.41) is 0. The van der Waals surface area contributed by atoms with Crippen LogP contribution < -0.4 is 0 Å². The van der Waals surface area contributed by atoms with Gasteiger partial charge in [0.1, 0.15) is 0 Å². The lowest BCUT2D eigenvalue weighted by Gasteiger charge is -2.25. The average molecular weight is 336 g/mol. The van der Waals surface area contributed by atoms with Crippen LogP contribution in [0.5, 0.6) is 0 Å². The van der Waals surface area contributed by atoms with Crippen molar-refractivity contribution in [3.8, 4) is 0 Å². The average Bonchev–Trinajstić information content (AvgIpc) is 2.27. The summed E-state index contributed by atoms with van der Waals surface area (Å²) in [5.74, 6) is 0. The second-order valence-corrected chi connectivity index (χ2v) is 4.83. The maximum absolute atomic E-state index is 11.9. The van der Waals surface area contributed by atoms with E-state index in [1.54, 1.807) is 19.0 Å². The quantitative estimate of drug-likeness (QED) is 0.315. The minimum atomic E-state index is 0.0427. The molecule has 0 unspecified atom stereocenters. The summed E-state index contributed by atoms with van der Waals surface area (Å²) in [4.78, 5) is 15.3. The van der Waals surface area contributed by atoms with E-state index in [9.17, 15) is 4.79 Å². The standard InChI is InChI=1S/C12H21IN2O/c1-5-7-8-9-10-15(11(13)6-2)12(16)14(3)4/h5-6H,1,7-10H2,2-4H3/b11-6-. The molecule has 0 saturated heterocycles. The summed E-state index contributed by atoms with van der Waals surface area (Å²) in [7, 11) is 3.55. The SMILES string of the molecule is C=CCCCCN(C(=O)N(C)C)/C(I)=C\C. The van der Waals surface area contributed by atoms with Crippen LogP contribution in [-0.4, -0.2) is 36.5 Å². The number of amides is 2. The molecule has 0 fully saturated rings. The van der Waals surface area contributed by atoms with Crippen molar-refractivity contribution in [3.63, 3.8) is 0 Å². The summed E-state index contributed by atoms with van der Waals surface area (Å²) >= 11 is 2.20. The number of carbonyl (C=O) groups excluding carboxylic acids is 1. The van der Waals surface area contributed by atoms with Gasteiger partial charge in [-0.2, -0.15) is 0 Å². The molecule has 0 atom stereocenters. The fourth-order valence-corrected chi connectivity index (χ4v) is 1.70. The Hall–Kier alpha value is -0.520. The third-order valence-electron chi connectivity index (χ3n) is 2.15. The van der Waals surface area contributed by atoms with E-state index in [1.807, 2.05) is 24.0 Å². The number of urea groups is 1. The van der Waals surface area contributed by atoms with Gasteiger partial charge in [-0.3, -0.25) is 4.90 Å². The lowest BCUT2D eigenvalue weighted by Crippen LogP contribution is -2.37. The topological polar surface area (TPSA) is 23.6 Å². The highest BCUT2D eigenvalue weighted by molar-refractivity contribution is 14.1. The highest BCUT2D eigenvalue weighted by atomic mass is 127. The number of halogens is 1. The van der Waals surface area contributed by atoms with Crippen LogP contribution in [0.1, 0.15) is 26.2 Å². The van der Waals surface area contributed by atoms with Crippen molar-refractivity contribution in [2.75, 3.05) is 20.6 Å². The molecular weight excluding hydrogens is 315 g/mol. The number of allylic oxidation sites excluding steroid dienone is 2. The van der Waals surface area contributed by atoms with Crippen molar-refractivity contribution < 1.29 is 4.79 Å². The van der Waals surface area contributed by atoms with Crippen LogP contribution in [0.25, 0.3) is 0 Å². The summed E-state index contributed by atoms with van der Waals surface area (Å²) in [5.41, 5.74) is 0. The molecule has 0 aliphatic carbocycles. The highest BCUT2D eigenvalue weighted by Gasteiger charge is 2.16. The molecular formula is C12H21IN2O. The van der Waals surface area contributed by atoms with Crippen LogP contribution >= 0.6 is 22.6 Å². The van der Waals surface area contributed by atoms with Gasteiger partial charge in [-0.05, 0) is 48.8 Å². The number of carbonyl (C=O) groups is 1. The highest BCUT2D eigenvalue weighted by Crippen LogP contribution is 2.16. The Morgan fingerprint density at radius 3 is 2.44 bits per heavy atom. The first-order valence-electron chi connectivity index (χ1n) is 5.46. The Morgan fingerprint density at radius 1 is 1.38 bits per heavy atom. The second kappa shape index (κ2) is 8.61. The van der Waals surface area contributed by atoms with Crippen molar-refractivity contribution in [2.45, 2.75) is 26.2 Å². The third-order valence-corrected chi connectivity index (χ3v) is 3.35. The van der Waals surface area contributed by atoms with Crippen LogP contribution in [-0.2, 0) is 0 Å². The first-order chi connectivity index (χ1) is 7.54. The van der Waals surface area contributed by atoms with E-state index in [0.29, 0.717) is 0 Å². The maximum Gasteiger partial charge on any atom is 0.324 e. The van der Waals surface area contributed by atoms with Crippen LogP contribution in [0.15, 0.2) is 22.4 Å². The minimum Gasteiger partial charge on any atom is -0.330 e. The molecule has 0 aromatic carbocycles. The number of nitrogens with zero attached hydrogens (tertiary/aromatic N) is 2. The Morgan fingerprint density at radius 2 is 2.00 bits per heavy atom. The van der Waals surface area contributed by atoms with Gasteiger partial charge in [0, 0.05) is 20.6 Å². The van der Waals surface area contributed by atoms with E-state index in [2.05, 4.69) is 29.2 Å². The van der Waals surface area contributed by atoms with Gasteiger partial charge >= 0.3 is 6.03 Å². The molecule has 2 amide bonds. The maximum atomic E-state index is 11.9. The Labute approximate surface area is 112 Å². The van der Waals surface area contributed by atoms with Gasteiger partial charge in [0.25, 0.3) is 0 Å². The molecule has 0 radical (unpaired) electrons. The molecule has 4 heteroatoms. The lowest BCUT2D eigenvalue weighted by molar-refractivity contribution is 0.187. The first kappa shape index (κ1) is 15.5. The van der Waals surface area contributed by atoms with Crippen molar-refractivity contribution in [1.29, 1.82) is 0 Å². The molecule has 0 aliphatic heterocycles. The molecule has 3 nitrogen and oxygen atoms in total. The smallest absolute Gasteiger partial charge is 0.324 e. The molecule has 0 heterocycles. The largest absolute Gasteiger partial charge is 0.330 e. The summed E-state index contributed by atoms with van der Waals surface area (Å²) in [6.45, 7) is 6.41. The predicted molar refractivity (Wildman–Crippen MR) is 77.6 cm³/mol. The van der Waals surface area contributed by atoms with Gasteiger partial charge in [0.2, 0.25) is 0 Å². The molecule has 0 rings (SSSR count). The summed E-state index contributed by atoms with van der Waals surface area (Å²) in [6.07, 6.45) is 6.96. The van der Waals surface area contributed by atoms with Gasteiger partial charge in [-0.15, -0.1) is 6.58 Å². The zero-order chi connectivity index (χ0) is 12.6. The molecule has 0 aromatic rings. The van der Waals surface area contributed by atoms with E-state index in [-0.39, 0.29) is 6.03 Å². The molecule has 0 spiro atoms. The fraction of sp³-hybridized carbons (Fsp3) is 0.583. The van der Waals surface area contributed by atoms with Gasteiger partial charge in [-0.25, -0.2) is 4.79 Å². The van der Waals surface area contributed by atoms with Crippen LogP contribution in [0.2, 0.25) is 0 Å². The first-order valence-corrected chi connectivity index (χ1v) is 6.54. The number of unbranched alkanes of at least 4 members (excludes halogenated alkanes) is 2. The van der Waals surface area contributed by atoms with E-state index in [1.165, 1.54) is 0 Å². The fourth-order valence-electron chi connectivity index (χ4n) is 1.25. The second-order valence-electron chi connectivity index (χ2n) is 3.72. The normalized spacial score (nSPS) is 11.1. The van der Waals surface area contributed by atoms with E-state index >= 15 is 0 Å². The third kappa shape index (κ3) is 5.53. The molecule has 0 N–H and O–H groups in total. The van der Waals surface area contributed by atoms with Gasteiger partial charge < -0.3 is 4.90 Å². The van der Waals surface area contributed by atoms with Crippen molar-refractivity contribution in [1.82, 2.24) is 9.80 Å². The molecule has 0 aromatic heterocycles. The molecule has 0 aliphatic rings. The van der Waals surface area contributed by atoms with Gasteiger partial charge in [0.05, 0.1) is 3.70 Å². The number of rotatable bonds is 6. The number of hydrogen-bond acceptors (Lipinski definition) is 1. The molecule has 0 saturated carbocycles. The van der Waals surface area contributed by atoms with Crippen molar-refractivity contribution >= 4 is 28.6 Å². The van der Waals surface area contributed by atoms with Gasteiger partial charge in [0.15, 0.2) is 0 Å². The van der Waals surface area contributed by atoms with E-state index in [0.717, 1.165) is 29.5 Å². The zero-order valence-corrected chi connectivity index (χ0v) is 12.5. The van der Waals surface area contributed by atoms with E-state index in [4.69, 9.17) is 0 Å². The number of hydrogen-bond donors (Lipinski definition) is 0. The predicted octanol–water partition coefficient (Wildman–Crippen LogP) is 3.62. The van der Waals surface area contributed by atoms with Crippen molar-refractivity contribution in [2.24, 2.45) is 0 Å².